The number of rotatable bonds is 3. The van der Waals surface area contributed by atoms with Crippen LogP contribution >= 0.6 is 0 Å². The molecule has 0 aliphatic heterocycles. The fourth-order valence-corrected chi connectivity index (χ4v) is 1.88. The lowest BCUT2D eigenvalue weighted by Crippen LogP contribution is -2.26. The van der Waals surface area contributed by atoms with Crippen LogP contribution in [0.4, 0.5) is 13.3 Å². The molecule has 1 aromatic heterocycles. The Bertz CT molecular complexity index is 647. The van der Waals surface area contributed by atoms with Crippen LogP contribution in [0.5, 0.6) is 0 Å². The van der Waals surface area contributed by atoms with E-state index < -0.39 is 20.9 Å². The summed E-state index contributed by atoms with van der Waals surface area (Å²) in [6.07, 6.45) is 0.557. The molecule has 0 aliphatic rings. The zero-order chi connectivity index (χ0) is 12.7. The van der Waals surface area contributed by atoms with Crippen LogP contribution in [0.15, 0.2) is 34.9 Å². The Morgan fingerprint density at radius 3 is 2.53 bits per heavy atom. The molecule has 0 saturated heterocycles. The number of furan rings is 1. The summed E-state index contributed by atoms with van der Waals surface area (Å²) in [5.74, 6) is 0. The van der Waals surface area contributed by atoms with Crippen molar-refractivity contribution in [2.45, 2.75) is 5.25 Å². The molecule has 17 heavy (non-hydrogen) atoms. The van der Waals surface area contributed by atoms with Gasteiger partial charge in [0.05, 0.1) is 5.56 Å². The van der Waals surface area contributed by atoms with Gasteiger partial charge in [0.1, 0.15) is 11.8 Å². The number of hydrogen-bond donors (Lipinski definition) is 0. The highest BCUT2D eigenvalue weighted by atomic mass is 32.2. The molecule has 0 amide bonds. The summed E-state index contributed by atoms with van der Waals surface area (Å²) in [4.78, 5) is 0. The molecule has 0 fully saturated rings. The monoisotopic (exact) mass is 266 g/mol. The third-order valence-corrected chi connectivity index (χ3v) is 3.21. The molecule has 0 saturated carbocycles. The van der Waals surface area contributed by atoms with Crippen molar-refractivity contribution in [1.82, 2.24) is 0 Å². The Hall–Kier alpha value is -1.54. The van der Waals surface area contributed by atoms with E-state index in [0.29, 0.717) is 6.26 Å². The summed E-state index contributed by atoms with van der Waals surface area (Å²) in [5.41, 5.74) is -0.901. The summed E-state index contributed by atoms with van der Waals surface area (Å²) >= 11 is 0. The van der Waals surface area contributed by atoms with E-state index in [-0.39, 0.29) is 11.0 Å². The van der Waals surface area contributed by atoms with Gasteiger partial charge in [0.15, 0.2) is 0 Å². The van der Waals surface area contributed by atoms with Crippen LogP contribution in [0.3, 0.4) is 0 Å². The third kappa shape index (κ3) is 1.69. The van der Waals surface area contributed by atoms with Gasteiger partial charge in [-0.25, -0.2) is 0 Å². The van der Waals surface area contributed by atoms with Crippen molar-refractivity contribution in [3.8, 4) is 0 Å². The predicted octanol–water partition coefficient (Wildman–Crippen LogP) is 2.71. The third-order valence-electron chi connectivity index (χ3n) is 2.19. The molecule has 0 bridgehead atoms. The van der Waals surface area contributed by atoms with Gasteiger partial charge in [-0.05, 0) is 10.6 Å². The van der Waals surface area contributed by atoms with E-state index in [1.54, 1.807) is 0 Å². The topological polar surface area (TPSA) is 56.5 Å². The fraction of sp³-hybridized carbons (Fsp3) is 0.111. The van der Waals surface area contributed by atoms with Crippen molar-refractivity contribution in [2.75, 3.05) is 0 Å². The first-order valence-electron chi connectivity index (χ1n) is 4.29. The molecule has 0 spiro atoms. The van der Waals surface area contributed by atoms with E-state index >= 15 is 0 Å². The van der Waals surface area contributed by atoms with Crippen molar-refractivity contribution in [2.24, 2.45) is 0 Å². The van der Waals surface area contributed by atoms with Crippen molar-refractivity contribution in [3.05, 3.63) is 36.1 Å². The highest BCUT2D eigenvalue weighted by molar-refractivity contribution is 7.87. The maximum atomic E-state index is 13.5. The molecule has 92 valence electrons. The summed E-state index contributed by atoms with van der Waals surface area (Å²) in [7, 11) is -5.67. The molecule has 0 aliphatic carbocycles. The molecule has 0 N–H and O–H groups in total. The molecular weight excluding hydrogens is 261 g/mol. The van der Waals surface area contributed by atoms with Crippen LogP contribution in [-0.2, 0) is 19.8 Å². The van der Waals surface area contributed by atoms with Crippen LogP contribution in [0.25, 0.3) is 11.0 Å². The van der Waals surface area contributed by atoms with Crippen molar-refractivity contribution in [3.63, 3.8) is 0 Å². The van der Waals surface area contributed by atoms with Gasteiger partial charge in [-0.2, -0.15) is 17.2 Å². The lowest BCUT2D eigenvalue weighted by Gasteiger charge is -2.11. The Labute approximate surface area is 93.6 Å². The largest absolute Gasteiger partial charge is 0.464 e. The van der Waals surface area contributed by atoms with Crippen LogP contribution in [0.1, 0.15) is 5.56 Å². The average Bonchev–Trinajstić information content (AvgIpc) is 2.72. The minimum absolute atomic E-state index is 0.0660. The van der Waals surface area contributed by atoms with Crippen LogP contribution in [-0.4, -0.2) is 8.42 Å². The average molecular weight is 266 g/mol. The Balaban J connectivity index is 2.69. The quantitative estimate of drug-likeness (QED) is 0.857. The minimum atomic E-state index is -5.67. The van der Waals surface area contributed by atoms with Gasteiger partial charge in [-0.1, -0.05) is 22.6 Å². The number of para-hydroxylation sites is 1. The molecule has 4 nitrogen and oxygen atoms in total. The standard InChI is InChI=1S/C9H5F3O4S/c10-9(11,17(13,14)16-12)7-5-15-8-4-2-1-3-6(7)8/h1-5H. The number of hydrogen-bond acceptors (Lipinski definition) is 4. The van der Waals surface area contributed by atoms with Gasteiger partial charge < -0.3 is 4.42 Å². The van der Waals surface area contributed by atoms with Crippen molar-refractivity contribution >= 4 is 21.1 Å². The molecule has 2 rings (SSSR count). The SMILES string of the molecule is O=S(=O)(OF)C(F)(F)c1coc2ccccc12. The molecule has 0 unspecified atom stereocenters. The second-order valence-corrected chi connectivity index (χ2v) is 4.73. The summed E-state index contributed by atoms with van der Waals surface area (Å²) in [5, 5.41) is -4.65. The normalized spacial score (nSPS) is 13.1. The van der Waals surface area contributed by atoms with Gasteiger partial charge in [0, 0.05) is 5.39 Å². The van der Waals surface area contributed by atoms with Crippen LogP contribution in [0.2, 0.25) is 0 Å². The van der Waals surface area contributed by atoms with Gasteiger partial charge in [-0.3, -0.25) is 0 Å². The first-order valence-corrected chi connectivity index (χ1v) is 5.70. The van der Waals surface area contributed by atoms with E-state index in [2.05, 4.69) is 4.39 Å². The highest BCUT2D eigenvalue weighted by Gasteiger charge is 2.51. The number of alkyl halides is 2. The zero-order valence-electron chi connectivity index (χ0n) is 8.06. The minimum Gasteiger partial charge on any atom is -0.464 e. The van der Waals surface area contributed by atoms with Gasteiger partial charge in [0.2, 0.25) is 0 Å². The predicted molar refractivity (Wildman–Crippen MR) is 51.2 cm³/mol. The first-order chi connectivity index (χ1) is 7.90. The van der Waals surface area contributed by atoms with Crippen molar-refractivity contribution in [1.29, 1.82) is 0 Å². The second kappa shape index (κ2) is 3.74. The lowest BCUT2D eigenvalue weighted by atomic mass is 10.2. The van der Waals surface area contributed by atoms with E-state index in [4.69, 9.17) is 4.42 Å². The van der Waals surface area contributed by atoms with Gasteiger partial charge in [-0.15, -0.1) is 0 Å². The van der Waals surface area contributed by atoms with Gasteiger partial charge in [0.25, 0.3) is 0 Å². The summed E-state index contributed by atoms with van der Waals surface area (Å²) in [6, 6.07) is 5.54. The van der Waals surface area contributed by atoms with E-state index in [9.17, 15) is 21.7 Å². The maximum absolute atomic E-state index is 13.5. The number of fused-ring (bicyclic) bond motifs is 1. The smallest absolute Gasteiger partial charge is 0.401 e. The number of benzene rings is 1. The number of halogens is 3. The maximum Gasteiger partial charge on any atom is 0.401 e. The van der Waals surface area contributed by atoms with Crippen LogP contribution in [0, 0.1) is 0 Å². The summed E-state index contributed by atoms with van der Waals surface area (Å²) < 4.78 is 67.3. The Kier molecular flexibility index (Phi) is 2.63. The fourth-order valence-electron chi connectivity index (χ4n) is 1.38. The molecule has 1 heterocycles. The van der Waals surface area contributed by atoms with E-state index in [1.807, 2.05) is 0 Å². The highest BCUT2D eigenvalue weighted by Crippen LogP contribution is 2.40. The molecule has 0 atom stereocenters. The van der Waals surface area contributed by atoms with E-state index in [1.165, 1.54) is 24.3 Å². The Morgan fingerprint density at radius 1 is 1.24 bits per heavy atom. The van der Waals surface area contributed by atoms with Crippen molar-refractivity contribution < 1.29 is 30.5 Å². The summed E-state index contributed by atoms with van der Waals surface area (Å²) in [6.45, 7) is 0. The second-order valence-electron chi connectivity index (χ2n) is 3.18. The molecule has 1 aromatic carbocycles. The van der Waals surface area contributed by atoms with Gasteiger partial charge >= 0.3 is 15.4 Å². The molecular formula is C9H5F3O4S. The molecule has 8 heteroatoms. The first kappa shape index (κ1) is 11.9. The van der Waals surface area contributed by atoms with E-state index in [0.717, 1.165) is 0 Å². The van der Waals surface area contributed by atoms with Crippen LogP contribution < -0.4 is 0 Å². The molecule has 0 radical (unpaired) electrons. The lowest BCUT2D eigenvalue weighted by molar-refractivity contribution is -0.0287. The Morgan fingerprint density at radius 2 is 1.88 bits per heavy atom. The molecule has 2 aromatic rings. The zero-order valence-corrected chi connectivity index (χ0v) is 8.88.